The smallest absolute Gasteiger partial charge is 0.434 e. The lowest BCUT2D eigenvalue weighted by Crippen LogP contribution is -2.29. The third-order valence-electron chi connectivity index (χ3n) is 4.87. The van der Waals surface area contributed by atoms with Crippen molar-refractivity contribution < 1.29 is 14.3 Å². The van der Waals surface area contributed by atoms with E-state index in [1.807, 2.05) is 27.7 Å². The normalized spacial score (nSPS) is 13.1. The molecule has 0 bridgehead atoms. The molecule has 0 aliphatic carbocycles. The van der Waals surface area contributed by atoms with Crippen molar-refractivity contribution in [3.05, 3.63) is 12.2 Å². The van der Waals surface area contributed by atoms with Crippen molar-refractivity contribution in [2.24, 2.45) is 5.41 Å². The van der Waals surface area contributed by atoms with Gasteiger partial charge in [0.05, 0.1) is 6.61 Å². The van der Waals surface area contributed by atoms with Crippen LogP contribution in [-0.2, 0) is 9.47 Å². The number of carbonyl (C=O) groups is 1. The van der Waals surface area contributed by atoms with Gasteiger partial charge in [-0.3, -0.25) is 0 Å². The Labute approximate surface area is 162 Å². The SMILES string of the molecule is CCCCCC/C=C\CCCCCCCCOC(=O)OC(C)C(C)(C)C. The highest BCUT2D eigenvalue weighted by Crippen LogP contribution is 2.22. The van der Waals surface area contributed by atoms with Gasteiger partial charge in [0, 0.05) is 0 Å². The van der Waals surface area contributed by atoms with E-state index < -0.39 is 6.16 Å². The van der Waals surface area contributed by atoms with Crippen LogP contribution in [-0.4, -0.2) is 18.9 Å². The van der Waals surface area contributed by atoms with Crippen LogP contribution in [0.4, 0.5) is 4.79 Å². The van der Waals surface area contributed by atoms with E-state index in [0.29, 0.717) is 6.61 Å². The lowest BCUT2D eigenvalue weighted by Gasteiger charge is -2.26. The first kappa shape index (κ1) is 25.0. The molecule has 1 atom stereocenters. The Morgan fingerprint density at radius 1 is 0.846 bits per heavy atom. The topological polar surface area (TPSA) is 35.5 Å². The third kappa shape index (κ3) is 16.5. The van der Waals surface area contributed by atoms with E-state index in [1.54, 1.807) is 0 Å². The first-order valence-corrected chi connectivity index (χ1v) is 10.9. The fourth-order valence-corrected chi connectivity index (χ4v) is 2.51. The minimum Gasteiger partial charge on any atom is -0.434 e. The number of unbranched alkanes of at least 4 members (excludes halogenated alkanes) is 10. The Hall–Kier alpha value is -0.990. The quantitative estimate of drug-likeness (QED) is 0.168. The average Bonchev–Trinajstić information content (AvgIpc) is 2.57. The molecule has 0 aromatic rings. The van der Waals surface area contributed by atoms with E-state index >= 15 is 0 Å². The van der Waals surface area contributed by atoms with Gasteiger partial charge in [-0.1, -0.05) is 84.8 Å². The van der Waals surface area contributed by atoms with Crippen LogP contribution in [0.15, 0.2) is 12.2 Å². The fraction of sp³-hybridized carbons (Fsp3) is 0.870. The number of hydrogen-bond acceptors (Lipinski definition) is 3. The van der Waals surface area contributed by atoms with Crippen molar-refractivity contribution in [1.29, 1.82) is 0 Å². The van der Waals surface area contributed by atoms with Crippen LogP contribution in [0.25, 0.3) is 0 Å². The maximum atomic E-state index is 11.6. The van der Waals surface area contributed by atoms with Crippen molar-refractivity contribution in [1.82, 2.24) is 0 Å². The summed E-state index contributed by atoms with van der Waals surface area (Å²) in [5, 5.41) is 0. The highest BCUT2D eigenvalue weighted by atomic mass is 16.7. The summed E-state index contributed by atoms with van der Waals surface area (Å²) < 4.78 is 10.4. The highest BCUT2D eigenvalue weighted by Gasteiger charge is 2.24. The molecule has 26 heavy (non-hydrogen) atoms. The molecular weight excluding hydrogens is 324 g/mol. The van der Waals surface area contributed by atoms with Gasteiger partial charge < -0.3 is 9.47 Å². The summed E-state index contributed by atoms with van der Waals surface area (Å²) in [6.45, 7) is 10.8. The van der Waals surface area contributed by atoms with E-state index in [9.17, 15) is 4.79 Å². The maximum Gasteiger partial charge on any atom is 0.508 e. The largest absolute Gasteiger partial charge is 0.508 e. The molecule has 0 spiro atoms. The summed E-state index contributed by atoms with van der Waals surface area (Å²) in [5.41, 5.74) is -0.0523. The zero-order valence-electron chi connectivity index (χ0n) is 18.1. The number of rotatable bonds is 15. The second-order valence-corrected chi connectivity index (χ2v) is 8.46. The first-order chi connectivity index (χ1) is 12.4. The van der Waals surface area contributed by atoms with E-state index in [0.717, 1.165) is 12.8 Å². The van der Waals surface area contributed by atoms with Crippen LogP contribution < -0.4 is 0 Å². The van der Waals surface area contributed by atoms with Crippen molar-refractivity contribution in [3.8, 4) is 0 Å². The minimum absolute atomic E-state index is 0.0523. The molecule has 154 valence electrons. The lowest BCUT2D eigenvalue weighted by atomic mass is 9.90. The molecular formula is C23H44O3. The van der Waals surface area contributed by atoms with E-state index in [1.165, 1.54) is 64.2 Å². The number of ether oxygens (including phenoxy) is 2. The molecule has 0 aromatic carbocycles. The molecule has 3 nitrogen and oxygen atoms in total. The van der Waals surface area contributed by atoms with Gasteiger partial charge in [0.1, 0.15) is 6.10 Å². The van der Waals surface area contributed by atoms with Crippen molar-refractivity contribution in [2.75, 3.05) is 6.61 Å². The third-order valence-corrected chi connectivity index (χ3v) is 4.87. The second kappa shape index (κ2) is 16.2. The van der Waals surface area contributed by atoms with E-state index in [2.05, 4.69) is 19.1 Å². The lowest BCUT2D eigenvalue weighted by molar-refractivity contribution is -0.00897. The molecule has 0 saturated heterocycles. The van der Waals surface area contributed by atoms with Crippen LogP contribution in [0.3, 0.4) is 0 Å². The van der Waals surface area contributed by atoms with Crippen molar-refractivity contribution >= 4 is 6.16 Å². The molecule has 0 radical (unpaired) electrons. The molecule has 0 aliphatic heterocycles. The molecule has 0 N–H and O–H groups in total. The summed E-state index contributed by atoms with van der Waals surface area (Å²) in [4.78, 5) is 11.6. The van der Waals surface area contributed by atoms with Gasteiger partial charge in [-0.15, -0.1) is 0 Å². The Morgan fingerprint density at radius 2 is 1.35 bits per heavy atom. The summed E-state index contributed by atoms with van der Waals surface area (Å²) in [5.74, 6) is 0. The van der Waals surface area contributed by atoms with Crippen LogP contribution in [0.5, 0.6) is 0 Å². The minimum atomic E-state index is -0.533. The van der Waals surface area contributed by atoms with Crippen LogP contribution in [0.1, 0.15) is 112 Å². The van der Waals surface area contributed by atoms with Crippen LogP contribution in [0.2, 0.25) is 0 Å². The zero-order chi connectivity index (χ0) is 19.7. The van der Waals surface area contributed by atoms with Gasteiger partial charge >= 0.3 is 6.16 Å². The summed E-state index contributed by atoms with van der Waals surface area (Å²) >= 11 is 0. The number of carbonyl (C=O) groups excluding carboxylic acids is 1. The molecule has 0 rings (SSSR count). The molecule has 0 saturated carbocycles. The molecule has 0 aliphatic rings. The monoisotopic (exact) mass is 368 g/mol. The average molecular weight is 369 g/mol. The van der Waals surface area contributed by atoms with E-state index in [-0.39, 0.29) is 11.5 Å². The van der Waals surface area contributed by atoms with Crippen LogP contribution >= 0.6 is 0 Å². The van der Waals surface area contributed by atoms with E-state index in [4.69, 9.17) is 9.47 Å². The number of hydrogen-bond donors (Lipinski definition) is 0. The Bertz CT molecular complexity index is 355. The van der Waals surface area contributed by atoms with Gasteiger partial charge in [0.2, 0.25) is 0 Å². The highest BCUT2D eigenvalue weighted by molar-refractivity contribution is 5.60. The second-order valence-electron chi connectivity index (χ2n) is 8.46. The van der Waals surface area contributed by atoms with Gasteiger partial charge in [-0.2, -0.15) is 0 Å². The Morgan fingerprint density at radius 3 is 1.88 bits per heavy atom. The Kier molecular flexibility index (Phi) is 15.6. The molecule has 0 fully saturated rings. The predicted molar refractivity (Wildman–Crippen MR) is 112 cm³/mol. The van der Waals surface area contributed by atoms with Gasteiger partial charge in [0.25, 0.3) is 0 Å². The number of allylic oxidation sites excluding steroid dienone is 2. The summed E-state index contributed by atoms with van der Waals surface area (Å²) in [6.07, 6.45) is 19.0. The maximum absolute atomic E-state index is 11.6. The van der Waals surface area contributed by atoms with Crippen molar-refractivity contribution in [3.63, 3.8) is 0 Å². The summed E-state index contributed by atoms with van der Waals surface area (Å²) in [6, 6.07) is 0. The zero-order valence-corrected chi connectivity index (χ0v) is 18.1. The van der Waals surface area contributed by atoms with Crippen molar-refractivity contribution in [2.45, 2.75) is 118 Å². The van der Waals surface area contributed by atoms with Gasteiger partial charge in [0.15, 0.2) is 0 Å². The predicted octanol–water partition coefficient (Wildman–Crippen LogP) is 7.83. The molecule has 1 unspecified atom stereocenters. The Balaban J connectivity index is 3.34. The molecule has 3 heteroatoms. The summed E-state index contributed by atoms with van der Waals surface area (Å²) in [7, 11) is 0. The standard InChI is InChI=1S/C23H44O3/c1-6-7-8-9-10-11-12-13-14-15-16-17-18-19-20-25-22(24)26-21(2)23(3,4)5/h11-12,21H,6-10,13-20H2,1-5H3/b12-11-. The van der Waals surface area contributed by atoms with Crippen LogP contribution in [0, 0.1) is 5.41 Å². The molecule has 0 aromatic heterocycles. The fourth-order valence-electron chi connectivity index (χ4n) is 2.51. The van der Waals surface area contributed by atoms with Gasteiger partial charge in [-0.05, 0) is 44.4 Å². The molecule has 0 heterocycles. The van der Waals surface area contributed by atoms with Gasteiger partial charge in [-0.25, -0.2) is 4.79 Å². The first-order valence-electron chi connectivity index (χ1n) is 10.9. The molecule has 0 amide bonds.